The molecule has 0 aliphatic carbocycles. The van der Waals surface area contributed by atoms with Crippen molar-refractivity contribution in [3.05, 3.63) is 12.2 Å². The van der Waals surface area contributed by atoms with Gasteiger partial charge in [-0.1, -0.05) is 26.0 Å². The molecule has 0 bridgehead atoms. The van der Waals surface area contributed by atoms with Crippen molar-refractivity contribution in [2.24, 2.45) is 5.92 Å². The fourth-order valence-electron chi connectivity index (χ4n) is 1.47. The zero-order valence-corrected chi connectivity index (χ0v) is 8.85. The topological polar surface area (TPSA) is 20.2 Å². The molecule has 0 rings (SSSR count). The first-order chi connectivity index (χ1) is 5.40. The van der Waals surface area contributed by atoms with E-state index in [2.05, 4.69) is 20.4 Å². The summed E-state index contributed by atoms with van der Waals surface area (Å²) in [5, 5.41) is 9.62. The standard InChI is InChI=1S/C11H22O/c1-6-9(3)10(7-2)8-11(4,5)12/h10,12H,3,6-8H2,1-2,4-5H3. The summed E-state index contributed by atoms with van der Waals surface area (Å²) in [6.07, 6.45) is 2.93. The highest BCUT2D eigenvalue weighted by atomic mass is 16.3. The van der Waals surface area contributed by atoms with Crippen LogP contribution in [-0.2, 0) is 0 Å². The number of hydrogen-bond acceptors (Lipinski definition) is 1. The van der Waals surface area contributed by atoms with E-state index in [1.807, 2.05) is 13.8 Å². The average Bonchev–Trinajstić information content (AvgIpc) is 1.97. The maximum Gasteiger partial charge on any atom is 0.0597 e. The van der Waals surface area contributed by atoms with Crippen LogP contribution in [0, 0.1) is 5.92 Å². The van der Waals surface area contributed by atoms with E-state index < -0.39 is 5.60 Å². The molecular formula is C11H22O. The smallest absolute Gasteiger partial charge is 0.0597 e. The molecule has 0 aromatic heterocycles. The Balaban J connectivity index is 4.09. The maximum atomic E-state index is 9.62. The first-order valence-corrected chi connectivity index (χ1v) is 4.80. The van der Waals surface area contributed by atoms with Crippen LogP contribution in [-0.4, -0.2) is 10.7 Å². The number of allylic oxidation sites excluding steroid dienone is 1. The summed E-state index contributed by atoms with van der Waals surface area (Å²) in [5.41, 5.74) is 0.707. The van der Waals surface area contributed by atoms with Crippen LogP contribution in [0.4, 0.5) is 0 Å². The molecule has 1 N–H and O–H groups in total. The molecule has 1 nitrogen and oxygen atoms in total. The molecule has 1 unspecified atom stereocenters. The third-order valence-corrected chi connectivity index (χ3v) is 2.27. The van der Waals surface area contributed by atoms with Crippen molar-refractivity contribution in [3.8, 4) is 0 Å². The SMILES string of the molecule is C=C(CC)C(CC)CC(C)(C)O. The average molecular weight is 170 g/mol. The van der Waals surface area contributed by atoms with E-state index >= 15 is 0 Å². The summed E-state index contributed by atoms with van der Waals surface area (Å²) in [6, 6.07) is 0. The van der Waals surface area contributed by atoms with Gasteiger partial charge in [-0.2, -0.15) is 0 Å². The minimum atomic E-state index is -0.557. The third-order valence-electron chi connectivity index (χ3n) is 2.27. The van der Waals surface area contributed by atoms with Gasteiger partial charge in [0.15, 0.2) is 0 Å². The van der Waals surface area contributed by atoms with Crippen LogP contribution in [0.1, 0.15) is 47.0 Å². The Bertz CT molecular complexity index is 142. The van der Waals surface area contributed by atoms with E-state index in [1.54, 1.807) is 0 Å². The molecule has 1 heteroatoms. The molecule has 0 fully saturated rings. The largest absolute Gasteiger partial charge is 0.390 e. The minimum absolute atomic E-state index is 0.481. The fraction of sp³-hybridized carbons (Fsp3) is 0.818. The minimum Gasteiger partial charge on any atom is -0.390 e. The Morgan fingerprint density at radius 3 is 2.17 bits per heavy atom. The predicted molar refractivity (Wildman–Crippen MR) is 54.1 cm³/mol. The van der Waals surface area contributed by atoms with Crippen molar-refractivity contribution < 1.29 is 5.11 Å². The maximum absolute atomic E-state index is 9.62. The molecule has 0 aliphatic heterocycles. The Hall–Kier alpha value is -0.300. The lowest BCUT2D eigenvalue weighted by atomic mass is 9.85. The zero-order chi connectivity index (χ0) is 9.78. The summed E-state index contributed by atoms with van der Waals surface area (Å²) >= 11 is 0. The summed E-state index contributed by atoms with van der Waals surface area (Å²) in [7, 11) is 0. The van der Waals surface area contributed by atoms with Gasteiger partial charge < -0.3 is 5.11 Å². The second kappa shape index (κ2) is 4.66. The Kier molecular flexibility index (Phi) is 4.54. The van der Waals surface area contributed by atoms with Crippen molar-refractivity contribution in [1.29, 1.82) is 0 Å². The molecule has 0 heterocycles. The first-order valence-electron chi connectivity index (χ1n) is 4.80. The van der Waals surface area contributed by atoms with Gasteiger partial charge in [-0.05, 0) is 39.0 Å². The van der Waals surface area contributed by atoms with Gasteiger partial charge in [0.05, 0.1) is 5.60 Å². The fourth-order valence-corrected chi connectivity index (χ4v) is 1.47. The van der Waals surface area contributed by atoms with E-state index in [0.717, 1.165) is 19.3 Å². The number of rotatable bonds is 5. The molecule has 0 aliphatic rings. The lowest BCUT2D eigenvalue weighted by Gasteiger charge is -2.25. The van der Waals surface area contributed by atoms with Gasteiger partial charge in [-0.25, -0.2) is 0 Å². The number of aliphatic hydroxyl groups is 1. The molecule has 0 amide bonds. The Labute approximate surface area is 76.5 Å². The van der Waals surface area contributed by atoms with Crippen molar-refractivity contribution in [3.63, 3.8) is 0 Å². The van der Waals surface area contributed by atoms with E-state index in [-0.39, 0.29) is 0 Å². The van der Waals surface area contributed by atoms with E-state index in [1.165, 1.54) is 5.57 Å². The quantitative estimate of drug-likeness (QED) is 0.628. The summed E-state index contributed by atoms with van der Waals surface area (Å²) in [4.78, 5) is 0. The normalized spacial score (nSPS) is 14.4. The Morgan fingerprint density at radius 2 is 1.92 bits per heavy atom. The first kappa shape index (κ1) is 11.7. The van der Waals surface area contributed by atoms with Gasteiger partial charge in [0.25, 0.3) is 0 Å². The van der Waals surface area contributed by atoms with Gasteiger partial charge in [0.1, 0.15) is 0 Å². The Morgan fingerprint density at radius 1 is 1.42 bits per heavy atom. The van der Waals surface area contributed by atoms with Crippen molar-refractivity contribution >= 4 is 0 Å². The third kappa shape index (κ3) is 4.55. The highest BCUT2D eigenvalue weighted by Crippen LogP contribution is 2.26. The van der Waals surface area contributed by atoms with Gasteiger partial charge in [0.2, 0.25) is 0 Å². The molecule has 0 saturated heterocycles. The molecule has 0 radical (unpaired) electrons. The van der Waals surface area contributed by atoms with Crippen LogP contribution in [0.3, 0.4) is 0 Å². The lowest BCUT2D eigenvalue weighted by molar-refractivity contribution is 0.0567. The molecule has 0 saturated carbocycles. The van der Waals surface area contributed by atoms with Crippen LogP contribution in [0.15, 0.2) is 12.2 Å². The van der Waals surface area contributed by atoms with Gasteiger partial charge in [0, 0.05) is 0 Å². The van der Waals surface area contributed by atoms with E-state index in [9.17, 15) is 5.11 Å². The van der Waals surface area contributed by atoms with Gasteiger partial charge in [-0.15, -0.1) is 0 Å². The molecule has 72 valence electrons. The number of hydrogen-bond donors (Lipinski definition) is 1. The highest BCUT2D eigenvalue weighted by molar-refractivity contribution is 5.00. The van der Waals surface area contributed by atoms with Crippen LogP contribution < -0.4 is 0 Å². The molecule has 0 aromatic rings. The van der Waals surface area contributed by atoms with Crippen molar-refractivity contribution in [1.82, 2.24) is 0 Å². The zero-order valence-electron chi connectivity index (χ0n) is 8.85. The van der Waals surface area contributed by atoms with Crippen LogP contribution in [0.2, 0.25) is 0 Å². The second-order valence-electron chi connectivity index (χ2n) is 4.13. The molecular weight excluding hydrogens is 148 g/mol. The monoisotopic (exact) mass is 170 g/mol. The van der Waals surface area contributed by atoms with Crippen molar-refractivity contribution in [2.45, 2.75) is 52.6 Å². The molecule has 0 aromatic carbocycles. The van der Waals surface area contributed by atoms with Gasteiger partial charge >= 0.3 is 0 Å². The van der Waals surface area contributed by atoms with Crippen LogP contribution >= 0.6 is 0 Å². The van der Waals surface area contributed by atoms with E-state index in [4.69, 9.17) is 0 Å². The van der Waals surface area contributed by atoms with E-state index in [0.29, 0.717) is 5.92 Å². The molecule has 1 atom stereocenters. The summed E-state index contributed by atoms with van der Waals surface area (Å²) in [5.74, 6) is 0.481. The highest BCUT2D eigenvalue weighted by Gasteiger charge is 2.20. The summed E-state index contributed by atoms with van der Waals surface area (Å²) < 4.78 is 0. The predicted octanol–water partition coefficient (Wildman–Crippen LogP) is 3.14. The van der Waals surface area contributed by atoms with Crippen LogP contribution in [0.5, 0.6) is 0 Å². The lowest BCUT2D eigenvalue weighted by Crippen LogP contribution is -2.23. The second-order valence-corrected chi connectivity index (χ2v) is 4.13. The van der Waals surface area contributed by atoms with Crippen LogP contribution in [0.25, 0.3) is 0 Å². The molecule has 12 heavy (non-hydrogen) atoms. The van der Waals surface area contributed by atoms with Gasteiger partial charge in [-0.3, -0.25) is 0 Å². The van der Waals surface area contributed by atoms with Crippen molar-refractivity contribution in [2.75, 3.05) is 0 Å². The summed E-state index contributed by atoms with van der Waals surface area (Å²) in [6.45, 7) is 12.0. The molecule has 0 spiro atoms.